The van der Waals surface area contributed by atoms with Crippen LogP contribution in [0.25, 0.3) is 10.9 Å². The van der Waals surface area contributed by atoms with Gasteiger partial charge >= 0.3 is 12.4 Å². The van der Waals surface area contributed by atoms with Crippen LogP contribution < -0.4 is 5.32 Å². The average Bonchev–Trinajstić information content (AvgIpc) is 3.39. The maximum absolute atomic E-state index is 13.7. The molecule has 7 nitrogen and oxygen atoms in total. The molecule has 5 rings (SSSR count). The second-order valence-corrected chi connectivity index (χ2v) is 11.5. The predicted octanol–water partition coefficient (Wildman–Crippen LogP) is 6.02. The summed E-state index contributed by atoms with van der Waals surface area (Å²) < 4.78 is 81.3. The van der Waals surface area contributed by atoms with Crippen LogP contribution in [-0.2, 0) is 23.6 Å². The highest BCUT2D eigenvalue weighted by molar-refractivity contribution is 5.95. The van der Waals surface area contributed by atoms with Crippen LogP contribution in [-0.4, -0.2) is 89.9 Å². The second-order valence-electron chi connectivity index (χ2n) is 11.5. The first-order valence-corrected chi connectivity index (χ1v) is 14.8. The summed E-state index contributed by atoms with van der Waals surface area (Å²) in [6, 6.07) is 7.84. The zero-order valence-corrected chi connectivity index (χ0v) is 26.6. The third-order valence-corrected chi connectivity index (χ3v) is 8.36. The molecule has 2 aliphatic rings. The van der Waals surface area contributed by atoms with Crippen molar-refractivity contribution in [3.63, 3.8) is 0 Å². The molecule has 2 aromatic carbocycles. The van der Waals surface area contributed by atoms with Crippen molar-refractivity contribution in [2.75, 3.05) is 52.4 Å². The predicted molar refractivity (Wildman–Crippen MR) is 168 cm³/mol. The van der Waals surface area contributed by atoms with Gasteiger partial charge in [0.15, 0.2) is 0 Å². The van der Waals surface area contributed by atoms with Crippen LogP contribution in [0, 0.1) is 0 Å². The molecule has 0 radical (unpaired) electrons. The van der Waals surface area contributed by atoms with Gasteiger partial charge in [0.05, 0.1) is 17.7 Å². The number of nitrogens with zero attached hydrogens (tertiary/aromatic N) is 3. The van der Waals surface area contributed by atoms with Crippen LogP contribution in [0.1, 0.15) is 46.3 Å². The number of alkyl halides is 6. The molecule has 0 spiro atoms. The number of carbonyl (C=O) groups excluding carboxylic acids is 2. The molecule has 2 N–H and O–H groups in total. The van der Waals surface area contributed by atoms with Crippen molar-refractivity contribution in [1.82, 2.24) is 25.0 Å². The molecule has 46 heavy (non-hydrogen) atoms. The second kappa shape index (κ2) is 15.7. The molecular formula is C31H37Cl2F6N5O2. The van der Waals surface area contributed by atoms with Crippen molar-refractivity contribution >= 4 is 47.5 Å². The van der Waals surface area contributed by atoms with Crippen LogP contribution in [0.2, 0.25) is 0 Å². The molecule has 0 saturated carbocycles. The van der Waals surface area contributed by atoms with E-state index in [0.29, 0.717) is 18.7 Å². The number of nitrogens with one attached hydrogen (secondary N) is 2. The number of hydrogen-bond donors (Lipinski definition) is 2. The Bertz CT molecular complexity index is 1440. The van der Waals surface area contributed by atoms with Gasteiger partial charge in [-0.05, 0) is 62.2 Å². The van der Waals surface area contributed by atoms with E-state index in [4.69, 9.17) is 0 Å². The van der Waals surface area contributed by atoms with Crippen LogP contribution in [0.3, 0.4) is 0 Å². The van der Waals surface area contributed by atoms with E-state index in [1.807, 2.05) is 29.2 Å². The normalized spacial score (nSPS) is 18.1. The van der Waals surface area contributed by atoms with Gasteiger partial charge in [-0.1, -0.05) is 24.6 Å². The molecule has 2 amide bonds. The fourth-order valence-electron chi connectivity index (χ4n) is 6.10. The number of rotatable bonds is 8. The molecule has 0 bridgehead atoms. The number of H-pyrrole nitrogens is 1. The monoisotopic (exact) mass is 695 g/mol. The first-order valence-electron chi connectivity index (χ1n) is 14.8. The number of halogens is 8. The fraction of sp³-hybridized carbons (Fsp3) is 0.484. The minimum absolute atomic E-state index is 0. The zero-order chi connectivity index (χ0) is 31.5. The molecule has 2 aliphatic heterocycles. The summed E-state index contributed by atoms with van der Waals surface area (Å²) >= 11 is 0. The van der Waals surface area contributed by atoms with Gasteiger partial charge in [0.2, 0.25) is 5.91 Å². The lowest BCUT2D eigenvalue weighted by Gasteiger charge is -2.41. The summed E-state index contributed by atoms with van der Waals surface area (Å²) in [6.07, 6.45) is -4.56. The number of likely N-dealkylation sites (tertiary alicyclic amines) is 1. The van der Waals surface area contributed by atoms with Crippen LogP contribution in [0.5, 0.6) is 0 Å². The standard InChI is InChI=1S/C31H35F6N5O2.2ClH/c32-30(33,34)23-14-21(15-24(17-23)31(35,36)37)29(44)42-13-12-41(20-28(43)38-8-11-40-9-4-1-5-10-40)19-25(42)16-22-18-39-27-7-3-2-6-26(22)27;;/h2-3,6-7,14-15,17-18,25,39H,1,4-5,8-13,16,19-20H2,(H,38,43);2*1H/t25-;;/m1../s1. The number of para-hydroxylation sites is 1. The minimum Gasteiger partial charge on any atom is -0.361 e. The lowest BCUT2D eigenvalue weighted by Crippen LogP contribution is -2.57. The SMILES string of the molecule is Cl.Cl.O=C(CN1CCN(C(=O)c2cc(C(F)(F)F)cc(C(F)(F)F)c2)[C@H](Cc2c[nH]c3ccccc23)C1)NCCN1CCCCC1. The first kappa shape index (κ1) is 37.5. The molecule has 254 valence electrons. The number of aromatic amines is 1. The van der Waals surface area contributed by atoms with E-state index in [9.17, 15) is 35.9 Å². The Balaban J connectivity index is 0.00000288. The molecule has 3 heterocycles. The first-order chi connectivity index (χ1) is 20.9. The maximum Gasteiger partial charge on any atom is 0.416 e. The molecule has 2 fully saturated rings. The van der Waals surface area contributed by atoms with Crippen LogP contribution in [0.15, 0.2) is 48.7 Å². The highest BCUT2D eigenvalue weighted by Crippen LogP contribution is 2.37. The van der Waals surface area contributed by atoms with Gasteiger partial charge in [-0.3, -0.25) is 14.5 Å². The Morgan fingerprint density at radius 2 is 1.50 bits per heavy atom. The number of fused-ring (bicyclic) bond motifs is 1. The van der Waals surface area contributed by atoms with Gasteiger partial charge in [0.25, 0.3) is 5.91 Å². The highest BCUT2D eigenvalue weighted by atomic mass is 35.5. The number of aromatic nitrogens is 1. The topological polar surface area (TPSA) is 71.7 Å². The Hall–Kier alpha value is -3.00. The van der Waals surface area contributed by atoms with E-state index >= 15 is 0 Å². The molecule has 1 aromatic heterocycles. The van der Waals surface area contributed by atoms with Gasteiger partial charge in [-0.2, -0.15) is 26.3 Å². The summed E-state index contributed by atoms with van der Waals surface area (Å²) in [5, 5.41) is 3.84. The zero-order valence-electron chi connectivity index (χ0n) is 24.9. The molecular weight excluding hydrogens is 659 g/mol. The Morgan fingerprint density at radius 3 is 2.15 bits per heavy atom. The Labute approximate surface area is 275 Å². The maximum atomic E-state index is 13.7. The molecule has 0 unspecified atom stereocenters. The largest absolute Gasteiger partial charge is 0.416 e. The fourth-order valence-corrected chi connectivity index (χ4v) is 6.10. The van der Waals surface area contributed by atoms with Crippen molar-refractivity contribution in [2.24, 2.45) is 0 Å². The van der Waals surface area contributed by atoms with Crippen molar-refractivity contribution < 1.29 is 35.9 Å². The molecule has 3 aromatic rings. The lowest BCUT2D eigenvalue weighted by molar-refractivity contribution is -0.143. The Kier molecular flexibility index (Phi) is 12.8. The van der Waals surface area contributed by atoms with E-state index in [1.165, 1.54) is 11.3 Å². The Morgan fingerprint density at radius 1 is 0.848 bits per heavy atom. The summed E-state index contributed by atoms with van der Waals surface area (Å²) in [7, 11) is 0. The van der Waals surface area contributed by atoms with Gasteiger partial charge in [-0.25, -0.2) is 0 Å². The summed E-state index contributed by atoms with van der Waals surface area (Å²) in [5.41, 5.74) is -2.06. The molecule has 15 heteroatoms. The van der Waals surface area contributed by atoms with Gasteiger partial charge in [0.1, 0.15) is 0 Å². The summed E-state index contributed by atoms with van der Waals surface area (Å²) in [4.78, 5) is 35.1. The third kappa shape index (κ3) is 9.30. The highest BCUT2D eigenvalue weighted by Gasteiger charge is 2.39. The number of piperazine rings is 1. The number of hydrogen-bond acceptors (Lipinski definition) is 4. The number of amides is 2. The molecule has 2 saturated heterocycles. The van der Waals surface area contributed by atoms with Gasteiger partial charge < -0.3 is 20.1 Å². The number of benzene rings is 2. The third-order valence-electron chi connectivity index (χ3n) is 8.36. The average molecular weight is 697 g/mol. The van der Waals surface area contributed by atoms with E-state index < -0.39 is 41.0 Å². The van der Waals surface area contributed by atoms with E-state index in [-0.39, 0.29) is 69.4 Å². The van der Waals surface area contributed by atoms with E-state index in [2.05, 4.69) is 15.2 Å². The molecule has 0 aliphatic carbocycles. The van der Waals surface area contributed by atoms with Gasteiger partial charge in [-0.15, -0.1) is 24.8 Å². The lowest BCUT2D eigenvalue weighted by atomic mass is 9.98. The van der Waals surface area contributed by atoms with Crippen LogP contribution in [0.4, 0.5) is 26.3 Å². The quantitative estimate of drug-likeness (QED) is 0.283. The van der Waals surface area contributed by atoms with Crippen molar-refractivity contribution in [3.8, 4) is 0 Å². The van der Waals surface area contributed by atoms with Crippen molar-refractivity contribution in [3.05, 3.63) is 70.9 Å². The number of piperidine rings is 1. The smallest absolute Gasteiger partial charge is 0.361 e. The summed E-state index contributed by atoms with van der Waals surface area (Å²) in [6.45, 7) is 3.84. The van der Waals surface area contributed by atoms with Crippen molar-refractivity contribution in [2.45, 2.75) is 44.1 Å². The summed E-state index contributed by atoms with van der Waals surface area (Å²) in [5.74, 6) is -1.10. The minimum atomic E-state index is -5.07. The number of carbonyl (C=O) groups is 2. The van der Waals surface area contributed by atoms with Gasteiger partial charge in [0, 0.05) is 61.4 Å². The van der Waals surface area contributed by atoms with E-state index in [0.717, 1.165) is 48.9 Å². The van der Waals surface area contributed by atoms with Crippen LogP contribution >= 0.6 is 24.8 Å². The van der Waals surface area contributed by atoms with Crippen molar-refractivity contribution in [1.29, 1.82) is 0 Å². The molecule has 1 atom stereocenters. The van der Waals surface area contributed by atoms with E-state index in [1.54, 1.807) is 6.20 Å².